The zero-order valence-corrected chi connectivity index (χ0v) is 12.2. The first kappa shape index (κ1) is 13.9. The first-order valence-corrected chi connectivity index (χ1v) is 7.51. The zero-order chi connectivity index (χ0) is 14.7. The summed E-state index contributed by atoms with van der Waals surface area (Å²) < 4.78 is 0. The Balaban J connectivity index is 1.69. The van der Waals surface area contributed by atoms with Crippen LogP contribution in [0.15, 0.2) is 42.5 Å². The molecular weight excluding hydrogens is 262 g/mol. The summed E-state index contributed by atoms with van der Waals surface area (Å²) >= 11 is 0. The first-order valence-electron chi connectivity index (χ1n) is 7.51. The van der Waals surface area contributed by atoms with Crippen LogP contribution in [-0.2, 0) is 0 Å². The van der Waals surface area contributed by atoms with Crippen LogP contribution in [0.25, 0.3) is 10.8 Å². The van der Waals surface area contributed by atoms with E-state index in [-0.39, 0.29) is 12.1 Å². The van der Waals surface area contributed by atoms with Gasteiger partial charge in [-0.2, -0.15) is 0 Å². The highest BCUT2D eigenvalue weighted by molar-refractivity contribution is 6.01. The van der Waals surface area contributed by atoms with Crippen molar-refractivity contribution in [1.82, 2.24) is 10.6 Å². The largest absolute Gasteiger partial charge is 0.335 e. The van der Waals surface area contributed by atoms with E-state index >= 15 is 0 Å². The van der Waals surface area contributed by atoms with E-state index in [4.69, 9.17) is 0 Å². The maximum absolute atomic E-state index is 12.2. The summed E-state index contributed by atoms with van der Waals surface area (Å²) in [4.78, 5) is 12.2. The first-order chi connectivity index (χ1) is 10.2. The van der Waals surface area contributed by atoms with E-state index in [9.17, 15) is 4.79 Å². The SMILES string of the molecule is CC1CC(NC(=O)Nc2cccc3ccccc23)CCN1. The third-order valence-electron chi connectivity index (χ3n) is 4.00. The number of nitrogens with one attached hydrogen (secondary N) is 3. The third-order valence-corrected chi connectivity index (χ3v) is 4.00. The van der Waals surface area contributed by atoms with Crippen LogP contribution < -0.4 is 16.0 Å². The number of carbonyl (C=O) groups excluding carboxylic acids is 1. The number of anilines is 1. The Labute approximate surface area is 124 Å². The Morgan fingerprint density at radius 2 is 2.00 bits per heavy atom. The van der Waals surface area contributed by atoms with E-state index in [1.807, 2.05) is 42.5 Å². The highest BCUT2D eigenvalue weighted by Gasteiger charge is 2.19. The fourth-order valence-electron chi connectivity index (χ4n) is 2.94. The molecular formula is C17H21N3O. The Morgan fingerprint density at radius 1 is 1.19 bits per heavy atom. The number of fused-ring (bicyclic) bond motifs is 1. The summed E-state index contributed by atoms with van der Waals surface area (Å²) in [5.74, 6) is 0. The van der Waals surface area contributed by atoms with Crippen molar-refractivity contribution in [1.29, 1.82) is 0 Å². The summed E-state index contributed by atoms with van der Waals surface area (Å²) in [6.45, 7) is 3.11. The molecule has 3 rings (SSSR count). The van der Waals surface area contributed by atoms with Crippen LogP contribution in [0.4, 0.5) is 10.5 Å². The van der Waals surface area contributed by atoms with Gasteiger partial charge in [0.1, 0.15) is 0 Å². The van der Waals surface area contributed by atoms with E-state index < -0.39 is 0 Å². The fourth-order valence-corrected chi connectivity index (χ4v) is 2.94. The predicted molar refractivity (Wildman–Crippen MR) is 86.6 cm³/mol. The van der Waals surface area contributed by atoms with E-state index in [1.165, 1.54) is 0 Å². The normalized spacial score (nSPS) is 22.0. The van der Waals surface area contributed by atoms with Gasteiger partial charge in [0.25, 0.3) is 0 Å². The summed E-state index contributed by atoms with van der Waals surface area (Å²) in [5, 5.41) is 11.6. The molecule has 0 radical (unpaired) electrons. The molecule has 0 saturated carbocycles. The summed E-state index contributed by atoms with van der Waals surface area (Å²) in [6, 6.07) is 14.6. The van der Waals surface area contributed by atoms with Crippen LogP contribution in [0.2, 0.25) is 0 Å². The van der Waals surface area contributed by atoms with Crippen LogP contribution >= 0.6 is 0 Å². The molecule has 0 spiro atoms. The van der Waals surface area contributed by atoms with Gasteiger partial charge in [-0.25, -0.2) is 4.79 Å². The molecule has 2 atom stereocenters. The van der Waals surface area contributed by atoms with Gasteiger partial charge in [-0.3, -0.25) is 0 Å². The van der Waals surface area contributed by atoms with Gasteiger partial charge in [0.15, 0.2) is 0 Å². The van der Waals surface area contributed by atoms with Crippen LogP contribution in [-0.4, -0.2) is 24.7 Å². The fraction of sp³-hybridized carbons (Fsp3) is 0.353. The van der Waals surface area contributed by atoms with Gasteiger partial charge in [0.05, 0.1) is 5.69 Å². The molecule has 4 heteroatoms. The van der Waals surface area contributed by atoms with Gasteiger partial charge in [0.2, 0.25) is 0 Å². The summed E-state index contributed by atoms with van der Waals surface area (Å²) in [7, 11) is 0. The number of hydrogen-bond acceptors (Lipinski definition) is 2. The highest BCUT2D eigenvalue weighted by atomic mass is 16.2. The number of hydrogen-bond donors (Lipinski definition) is 3. The second kappa shape index (κ2) is 6.14. The standard InChI is InChI=1S/C17H21N3O/c1-12-11-14(9-10-18-12)19-17(21)20-16-8-4-6-13-5-2-3-7-15(13)16/h2-8,12,14,18H,9-11H2,1H3,(H2,19,20,21). The molecule has 0 aliphatic carbocycles. The molecule has 1 aliphatic heterocycles. The summed E-state index contributed by atoms with van der Waals surface area (Å²) in [6.07, 6.45) is 1.95. The number of rotatable bonds is 2. The van der Waals surface area contributed by atoms with Gasteiger partial charge in [-0.05, 0) is 37.8 Å². The maximum Gasteiger partial charge on any atom is 0.319 e. The smallest absolute Gasteiger partial charge is 0.319 e. The Kier molecular flexibility index (Phi) is 4.06. The van der Waals surface area contributed by atoms with Crippen LogP contribution in [0.1, 0.15) is 19.8 Å². The molecule has 4 nitrogen and oxygen atoms in total. The molecule has 1 fully saturated rings. The lowest BCUT2D eigenvalue weighted by Gasteiger charge is -2.28. The van der Waals surface area contributed by atoms with Gasteiger partial charge in [-0.15, -0.1) is 0 Å². The van der Waals surface area contributed by atoms with E-state index in [0.717, 1.165) is 35.8 Å². The Hall–Kier alpha value is -2.07. The number of amides is 2. The van der Waals surface area contributed by atoms with Crippen LogP contribution in [0.3, 0.4) is 0 Å². The molecule has 2 aromatic carbocycles. The highest BCUT2D eigenvalue weighted by Crippen LogP contribution is 2.22. The van der Waals surface area contributed by atoms with Crippen molar-refractivity contribution in [2.24, 2.45) is 0 Å². The molecule has 1 heterocycles. The van der Waals surface area contributed by atoms with Crippen molar-refractivity contribution in [3.63, 3.8) is 0 Å². The molecule has 0 aromatic heterocycles. The van der Waals surface area contributed by atoms with E-state index in [1.54, 1.807) is 0 Å². The lowest BCUT2D eigenvalue weighted by Crippen LogP contribution is -2.47. The number of urea groups is 1. The average molecular weight is 283 g/mol. The van der Waals surface area contributed by atoms with Crippen LogP contribution in [0.5, 0.6) is 0 Å². The number of benzene rings is 2. The van der Waals surface area contributed by atoms with Gasteiger partial charge in [-0.1, -0.05) is 36.4 Å². The predicted octanol–water partition coefficient (Wildman–Crippen LogP) is 3.10. The molecule has 0 bridgehead atoms. The second-order valence-electron chi connectivity index (χ2n) is 5.70. The topological polar surface area (TPSA) is 53.2 Å². The van der Waals surface area contributed by atoms with Gasteiger partial charge in [0, 0.05) is 17.5 Å². The molecule has 2 amide bonds. The molecule has 2 aromatic rings. The molecule has 2 unspecified atom stereocenters. The number of piperidine rings is 1. The van der Waals surface area contributed by atoms with Crippen molar-refractivity contribution in [2.75, 3.05) is 11.9 Å². The Morgan fingerprint density at radius 3 is 2.86 bits per heavy atom. The van der Waals surface area contributed by atoms with Crippen molar-refractivity contribution >= 4 is 22.5 Å². The van der Waals surface area contributed by atoms with Crippen LogP contribution in [0, 0.1) is 0 Å². The minimum atomic E-state index is -0.120. The van der Waals surface area contributed by atoms with Crippen molar-refractivity contribution < 1.29 is 4.79 Å². The molecule has 21 heavy (non-hydrogen) atoms. The van der Waals surface area contributed by atoms with Crippen molar-refractivity contribution in [3.05, 3.63) is 42.5 Å². The van der Waals surface area contributed by atoms with Crippen molar-refractivity contribution in [2.45, 2.75) is 31.8 Å². The average Bonchev–Trinajstić information content (AvgIpc) is 2.47. The lowest BCUT2D eigenvalue weighted by atomic mass is 10.0. The molecule has 1 saturated heterocycles. The van der Waals surface area contributed by atoms with Gasteiger partial charge >= 0.3 is 6.03 Å². The van der Waals surface area contributed by atoms with Gasteiger partial charge < -0.3 is 16.0 Å². The monoisotopic (exact) mass is 283 g/mol. The number of carbonyl (C=O) groups is 1. The zero-order valence-electron chi connectivity index (χ0n) is 12.2. The van der Waals surface area contributed by atoms with E-state index in [2.05, 4.69) is 22.9 Å². The molecule has 3 N–H and O–H groups in total. The minimum absolute atomic E-state index is 0.120. The Bertz CT molecular complexity index is 635. The van der Waals surface area contributed by atoms with E-state index in [0.29, 0.717) is 6.04 Å². The maximum atomic E-state index is 12.2. The third kappa shape index (κ3) is 3.34. The quantitative estimate of drug-likeness (QED) is 0.793. The molecule has 110 valence electrons. The summed E-state index contributed by atoms with van der Waals surface area (Å²) in [5.41, 5.74) is 0.854. The molecule has 1 aliphatic rings. The lowest BCUT2D eigenvalue weighted by molar-refractivity contribution is 0.242. The minimum Gasteiger partial charge on any atom is -0.335 e. The second-order valence-corrected chi connectivity index (χ2v) is 5.70. The van der Waals surface area contributed by atoms with Crippen molar-refractivity contribution in [3.8, 4) is 0 Å².